The number of ether oxygens (including phenoxy) is 1. The lowest BCUT2D eigenvalue weighted by molar-refractivity contribution is -0.116. The van der Waals surface area contributed by atoms with Gasteiger partial charge in [0.25, 0.3) is 5.91 Å². The fourth-order valence-corrected chi connectivity index (χ4v) is 3.32. The van der Waals surface area contributed by atoms with Crippen molar-refractivity contribution in [2.45, 2.75) is 0 Å². The number of para-hydroxylation sites is 2. The molecular weight excluding hydrogens is 382 g/mol. The molecule has 1 aliphatic heterocycles. The third-order valence-electron chi connectivity index (χ3n) is 4.92. The highest BCUT2D eigenvalue weighted by Crippen LogP contribution is 2.19. The molecule has 1 fully saturated rings. The SMILES string of the molecule is CN(CC(=O)Nc1ccc(N2CCOCC2)cc1)C(=O)c1cnc2ccccc2n1. The second-order valence-corrected chi connectivity index (χ2v) is 7.10. The average Bonchev–Trinajstić information content (AvgIpc) is 2.79. The van der Waals surface area contributed by atoms with Gasteiger partial charge in [0, 0.05) is 31.5 Å². The van der Waals surface area contributed by atoms with E-state index in [0.717, 1.165) is 37.5 Å². The van der Waals surface area contributed by atoms with Crippen LogP contribution < -0.4 is 10.2 Å². The standard InChI is InChI=1S/C22H23N5O3/c1-26(22(29)20-14-23-18-4-2-3-5-19(18)25-20)15-21(28)24-16-6-8-17(9-7-16)27-10-12-30-13-11-27/h2-9,14H,10-13,15H2,1H3,(H,24,28). The summed E-state index contributed by atoms with van der Waals surface area (Å²) < 4.78 is 5.37. The number of fused-ring (bicyclic) bond motifs is 1. The lowest BCUT2D eigenvalue weighted by Gasteiger charge is -2.28. The zero-order valence-electron chi connectivity index (χ0n) is 16.7. The minimum Gasteiger partial charge on any atom is -0.378 e. The van der Waals surface area contributed by atoms with Crippen molar-refractivity contribution < 1.29 is 14.3 Å². The van der Waals surface area contributed by atoms with E-state index in [1.54, 1.807) is 13.1 Å². The Balaban J connectivity index is 1.35. The van der Waals surface area contributed by atoms with Crippen molar-refractivity contribution in [2.24, 2.45) is 0 Å². The molecule has 8 nitrogen and oxygen atoms in total. The third kappa shape index (κ3) is 4.55. The van der Waals surface area contributed by atoms with Gasteiger partial charge in [0.2, 0.25) is 5.91 Å². The zero-order valence-corrected chi connectivity index (χ0v) is 16.7. The van der Waals surface area contributed by atoms with E-state index in [4.69, 9.17) is 4.74 Å². The van der Waals surface area contributed by atoms with Gasteiger partial charge >= 0.3 is 0 Å². The van der Waals surface area contributed by atoms with E-state index in [-0.39, 0.29) is 24.1 Å². The van der Waals surface area contributed by atoms with Gasteiger partial charge in [-0.05, 0) is 36.4 Å². The Bertz CT molecular complexity index is 1050. The first-order valence-corrected chi connectivity index (χ1v) is 9.80. The number of benzene rings is 2. The molecule has 154 valence electrons. The first kappa shape index (κ1) is 19.8. The molecule has 0 spiro atoms. The van der Waals surface area contributed by atoms with Crippen LogP contribution in [-0.4, -0.2) is 66.6 Å². The van der Waals surface area contributed by atoms with Crippen molar-refractivity contribution >= 4 is 34.2 Å². The molecule has 30 heavy (non-hydrogen) atoms. The van der Waals surface area contributed by atoms with Crippen molar-refractivity contribution in [1.82, 2.24) is 14.9 Å². The fraction of sp³-hybridized carbons (Fsp3) is 0.273. The molecule has 0 aliphatic carbocycles. The molecule has 0 radical (unpaired) electrons. The number of carbonyl (C=O) groups excluding carboxylic acids is 2. The molecule has 3 aromatic rings. The van der Waals surface area contributed by atoms with Crippen LogP contribution in [-0.2, 0) is 9.53 Å². The topological polar surface area (TPSA) is 87.7 Å². The number of nitrogens with zero attached hydrogens (tertiary/aromatic N) is 4. The number of hydrogen-bond acceptors (Lipinski definition) is 6. The van der Waals surface area contributed by atoms with E-state index in [1.165, 1.54) is 11.1 Å². The quantitative estimate of drug-likeness (QED) is 0.700. The van der Waals surface area contributed by atoms with Crippen LogP contribution in [0, 0.1) is 0 Å². The molecule has 1 aromatic heterocycles. The van der Waals surface area contributed by atoms with E-state index < -0.39 is 0 Å². The Morgan fingerprint density at radius 2 is 1.77 bits per heavy atom. The van der Waals surface area contributed by atoms with E-state index in [1.807, 2.05) is 42.5 Å². The molecular formula is C22H23N5O3. The van der Waals surface area contributed by atoms with Crippen LogP contribution in [0.25, 0.3) is 11.0 Å². The molecule has 0 atom stereocenters. The Labute approximate surface area is 174 Å². The maximum absolute atomic E-state index is 12.6. The number of carbonyl (C=O) groups is 2. The van der Waals surface area contributed by atoms with Gasteiger partial charge in [-0.1, -0.05) is 12.1 Å². The third-order valence-corrected chi connectivity index (χ3v) is 4.92. The Morgan fingerprint density at radius 1 is 1.07 bits per heavy atom. The van der Waals surface area contributed by atoms with Crippen LogP contribution >= 0.6 is 0 Å². The Hall–Kier alpha value is -3.52. The highest BCUT2D eigenvalue weighted by molar-refractivity contribution is 5.98. The number of anilines is 2. The monoisotopic (exact) mass is 405 g/mol. The highest BCUT2D eigenvalue weighted by Gasteiger charge is 2.17. The van der Waals surface area contributed by atoms with Crippen molar-refractivity contribution in [3.05, 3.63) is 60.4 Å². The summed E-state index contributed by atoms with van der Waals surface area (Å²) in [6.07, 6.45) is 1.43. The van der Waals surface area contributed by atoms with Crippen molar-refractivity contribution in [1.29, 1.82) is 0 Å². The molecule has 0 unspecified atom stereocenters. The van der Waals surface area contributed by atoms with Crippen LogP contribution in [0.3, 0.4) is 0 Å². The number of rotatable bonds is 5. The predicted octanol–water partition coefficient (Wildman–Crippen LogP) is 2.18. The Kier molecular flexibility index (Phi) is 5.85. The number of amides is 2. The summed E-state index contributed by atoms with van der Waals surface area (Å²) in [6.45, 7) is 3.08. The fourth-order valence-electron chi connectivity index (χ4n) is 3.32. The van der Waals surface area contributed by atoms with Gasteiger partial charge < -0.3 is 19.9 Å². The van der Waals surface area contributed by atoms with Crippen LogP contribution in [0.2, 0.25) is 0 Å². The van der Waals surface area contributed by atoms with Crippen molar-refractivity contribution in [2.75, 3.05) is 50.1 Å². The van der Waals surface area contributed by atoms with Crippen molar-refractivity contribution in [3.8, 4) is 0 Å². The average molecular weight is 405 g/mol. The molecule has 1 N–H and O–H groups in total. The smallest absolute Gasteiger partial charge is 0.274 e. The molecule has 2 heterocycles. The van der Waals surface area contributed by atoms with E-state index in [9.17, 15) is 9.59 Å². The first-order valence-electron chi connectivity index (χ1n) is 9.80. The van der Waals surface area contributed by atoms with Gasteiger partial charge in [0.15, 0.2) is 0 Å². The van der Waals surface area contributed by atoms with E-state index >= 15 is 0 Å². The van der Waals surface area contributed by atoms with Crippen LogP contribution in [0.15, 0.2) is 54.7 Å². The summed E-state index contributed by atoms with van der Waals surface area (Å²) in [4.78, 5) is 37.2. The van der Waals surface area contributed by atoms with Crippen LogP contribution in [0.4, 0.5) is 11.4 Å². The molecule has 4 rings (SSSR count). The zero-order chi connectivity index (χ0) is 20.9. The molecule has 0 bridgehead atoms. The molecule has 2 aromatic carbocycles. The van der Waals surface area contributed by atoms with Gasteiger partial charge in [-0.2, -0.15) is 0 Å². The summed E-state index contributed by atoms with van der Waals surface area (Å²) in [7, 11) is 1.57. The normalized spacial score (nSPS) is 13.8. The highest BCUT2D eigenvalue weighted by atomic mass is 16.5. The predicted molar refractivity (Wildman–Crippen MR) is 115 cm³/mol. The molecule has 1 aliphatic rings. The number of morpholine rings is 1. The lowest BCUT2D eigenvalue weighted by Crippen LogP contribution is -2.36. The number of hydrogen-bond donors (Lipinski definition) is 1. The van der Waals surface area contributed by atoms with Gasteiger partial charge in [-0.15, -0.1) is 0 Å². The van der Waals surface area contributed by atoms with Gasteiger partial charge in [0.1, 0.15) is 5.69 Å². The molecule has 1 saturated heterocycles. The van der Waals surface area contributed by atoms with E-state index in [0.29, 0.717) is 11.2 Å². The van der Waals surface area contributed by atoms with Gasteiger partial charge in [-0.3, -0.25) is 14.6 Å². The summed E-state index contributed by atoms with van der Waals surface area (Å²) in [5.74, 6) is -0.634. The summed E-state index contributed by atoms with van der Waals surface area (Å²) in [5.41, 5.74) is 3.34. The minimum absolute atomic E-state index is 0.0848. The minimum atomic E-state index is -0.355. The summed E-state index contributed by atoms with van der Waals surface area (Å²) in [6, 6.07) is 15.0. The maximum Gasteiger partial charge on any atom is 0.274 e. The van der Waals surface area contributed by atoms with Gasteiger partial charge in [-0.25, -0.2) is 4.98 Å². The van der Waals surface area contributed by atoms with Crippen molar-refractivity contribution in [3.63, 3.8) is 0 Å². The maximum atomic E-state index is 12.6. The number of nitrogens with one attached hydrogen (secondary N) is 1. The molecule has 0 saturated carbocycles. The molecule has 8 heteroatoms. The summed E-state index contributed by atoms with van der Waals surface area (Å²) in [5, 5.41) is 2.83. The second-order valence-electron chi connectivity index (χ2n) is 7.10. The Morgan fingerprint density at radius 3 is 2.50 bits per heavy atom. The summed E-state index contributed by atoms with van der Waals surface area (Å²) >= 11 is 0. The largest absolute Gasteiger partial charge is 0.378 e. The first-order chi connectivity index (χ1) is 14.6. The lowest BCUT2D eigenvalue weighted by atomic mass is 10.2. The van der Waals surface area contributed by atoms with E-state index in [2.05, 4.69) is 20.2 Å². The molecule has 2 amide bonds. The van der Waals surface area contributed by atoms with Crippen LogP contribution in [0.1, 0.15) is 10.5 Å². The van der Waals surface area contributed by atoms with Gasteiger partial charge in [0.05, 0.1) is 37.0 Å². The second kappa shape index (κ2) is 8.87. The van der Waals surface area contributed by atoms with Crippen LogP contribution in [0.5, 0.6) is 0 Å². The number of likely N-dealkylation sites (N-methyl/N-ethyl adjacent to an activating group) is 1. The number of aromatic nitrogens is 2.